The zero-order valence-electron chi connectivity index (χ0n) is 9.97. The lowest BCUT2D eigenvalue weighted by Gasteiger charge is -2.07. The van der Waals surface area contributed by atoms with Crippen molar-refractivity contribution in [3.8, 4) is 0 Å². The van der Waals surface area contributed by atoms with E-state index >= 15 is 0 Å². The molecular formula is C11H14Cl5N3. The Morgan fingerprint density at radius 2 is 1.89 bits per heavy atom. The molecule has 2 aromatic rings. The van der Waals surface area contributed by atoms with E-state index in [2.05, 4.69) is 10.3 Å². The molecule has 0 saturated heterocycles. The Bertz CT molecular complexity index is 501. The third kappa shape index (κ3) is 5.67. The summed E-state index contributed by atoms with van der Waals surface area (Å²) in [6.45, 7) is 0.626. The van der Waals surface area contributed by atoms with Crippen LogP contribution in [-0.4, -0.2) is 9.55 Å². The lowest BCUT2D eigenvalue weighted by Crippen LogP contribution is -2.05. The van der Waals surface area contributed by atoms with Gasteiger partial charge in [-0.3, -0.25) is 0 Å². The van der Waals surface area contributed by atoms with Gasteiger partial charge in [0.25, 0.3) is 0 Å². The Morgan fingerprint density at radius 1 is 1.21 bits per heavy atom. The summed E-state index contributed by atoms with van der Waals surface area (Å²) < 4.78 is 1.91. The van der Waals surface area contributed by atoms with Crippen molar-refractivity contribution in [3.63, 3.8) is 0 Å². The number of halogens is 5. The van der Waals surface area contributed by atoms with Crippen LogP contribution in [0.5, 0.6) is 0 Å². The fraction of sp³-hybridized carbons (Fsp3) is 0.182. The highest BCUT2D eigenvalue weighted by Crippen LogP contribution is 2.21. The van der Waals surface area contributed by atoms with Gasteiger partial charge < -0.3 is 9.88 Å². The number of hydrogen-bond donors (Lipinski definition) is 1. The highest BCUT2D eigenvalue weighted by molar-refractivity contribution is 6.35. The molecule has 0 saturated carbocycles. The van der Waals surface area contributed by atoms with E-state index in [0.717, 1.165) is 11.5 Å². The van der Waals surface area contributed by atoms with Gasteiger partial charge >= 0.3 is 0 Å². The van der Waals surface area contributed by atoms with Gasteiger partial charge in [-0.25, -0.2) is 4.98 Å². The standard InChI is InChI=1S/C11H11Cl2N3.3ClH/c1-16-5-4-14-11(16)15-7-8-2-3-9(12)6-10(8)13;;;/h2-6H,7H2,1H3,(H,14,15);3*1H. The summed E-state index contributed by atoms with van der Waals surface area (Å²) in [6, 6.07) is 5.46. The van der Waals surface area contributed by atoms with Crippen molar-refractivity contribution < 1.29 is 0 Å². The van der Waals surface area contributed by atoms with Gasteiger partial charge in [-0.2, -0.15) is 0 Å². The van der Waals surface area contributed by atoms with E-state index in [-0.39, 0.29) is 37.2 Å². The number of imidazole rings is 1. The molecule has 0 aliphatic heterocycles. The van der Waals surface area contributed by atoms with Gasteiger partial charge in [0.15, 0.2) is 0 Å². The molecule has 0 bridgehead atoms. The summed E-state index contributed by atoms with van der Waals surface area (Å²) in [5, 5.41) is 4.50. The van der Waals surface area contributed by atoms with Crippen molar-refractivity contribution in [2.45, 2.75) is 6.54 Å². The Labute approximate surface area is 140 Å². The molecule has 0 aliphatic carbocycles. The van der Waals surface area contributed by atoms with Gasteiger partial charge in [0, 0.05) is 36.0 Å². The molecule has 0 amide bonds. The predicted molar refractivity (Wildman–Crippen MR) is 88.7 cm³/mol. The number of anilines is 1. The first kappa shape index (κ1) is 21.0. The van der Waals surface area contributed by atoms with E-state index in [0.29, 0.717) is 16.6 Å². The largest absolute Gasteiger partial charge is 0.352 e. The first-order valence-corrected chi connectivity index (χ1v) is 5.57. The molecule has 0 fully saturated rings. The number of nitrogens with zero attached hydrogens (tertiary/aromatic N) is 2. The molecule has 1 aromatic heterocycles. The highest BCUT2D eigenvalue weighted by Gasteiger charge is 2.02. The fourth-order valence-corrected chi connectivity index (χ4v) is 1.85. The maximum atomic E-state index is 6.06. The minimum Gasteiger partial charge on any atom is -0.352 e. The molecule has 8 heteroatoms. The number of nitrogens with one attached hydrogen (secondary N) is 1. The first-order chi connectivity index (χ1) is 7.66. The van der Waals surface area contributed by atoms with Crippen molar-refractivity contribution in [1.29, 1.82) is 0 Å². The van der Waals surface area contributed by atoms with Crippen LogP contribution in [0.25, 0.3) is 0 Å². The summed E-state index contributed by atoms with van der Waals surface area (Å²) in [5.41, 5.74) is 0.995. The normalized spacial score (nSPS) is 8.79. The quantitative estimate of drug-likeness (QED) is 0.861. The van der Waals surface area contributed by atoms with Crippen LogP contribution in [0, 0.1) is 0 Å². The molecule has 0 spiro atoms. The smallest absolute Gasteiger partial charge is 0.202 e. The summed E-state index contributed by atoms with van der Waals surface area (Å²) in [4.78, 5) is 4.16. The fourth-order valence-electron chi connectivity index (χ4n) is 1.38. The van der Waals surface area contributed by atoms with E-state index in [1.54, 1.807) is 12.3 Å². The van der Waals surface area contributed by atoms with Crippen LogP contribution in [0.3, 0.4) is 0 Å². The van der Waals surface area contributed by atoms with Gasteiger partial charge in [0.1, 0.15) is 0 Å². The van der Waals surface area contributed by atoms with E-state index in [1.807, 2.05) is 29.9 Å². The lowest BCUT2D eigenvalue weighted by atomic mass is 10.2. The Morgan fingerprint density at radius 3 is 2.42 bits per heavy atom. The monoisotopic (exact) mass is 363 g/mol. The topological polar surface area (TPSA) is 29.9 Å². The Hall–Kier alpha value is -0.320. The van der Waals surface area contributed by atoms with Crippen molar-refractivity contribution >= 4 is 66.4 Å². The van der Waals surface area contributed by atoms with Gasteiger partial charge in [-0.15, -0.1) is 37.2 Å². The first-order valence-electron chi connectivity index (χ1n) is 4.82. The molecule has 0 atom stereocenters. The van der Waals surface area contributed by atoms with Crippen LogP contribution in [0.1, 0.15) is 5.56 Å². The minimum atomic E-state index is 0. The van der Waals surface area contributed by atoms with Crippen LogP contribution in [0.4, 0.5) is 5.95 Å². The van der Waals surface area contributed by atoms with Crippen LogP contribution < -0.4 is 5.32 Å². The van der Waals surface area contributed by atoms with E-state index in [4.69, 9.17) is 23.2 Å². The van der Waals surface area contributed by atoms with Crippen molar-refractivity contribution in [3.05, 3.63) is 46.2 Å². The maximum Gasteiger partial charge on any atom is 0.202 e. The molecule has 1 aromatic carbocycles. The maximum absolute atomic E-state index is 6.06. The molecule has 0 aliphatic rings. The third-order valence-electron chi connectivity index (χ3n) is 2.27. The van der Waals surface area contributed by atoms with E-state index in [1.165, 1.54) is 0 Å². The molecule has 1 N–H and O–H groups in total. The molecule has 1 heterocycles. The van der Waals surface area contributed by atoms with Gasteiger partial charge in [0.2, 0.25) is 5.95 Å². The Balaban J connectivity index is 0. The number of benzene rings is 1. The van der Waals surface area contributed by atoms with Gasteiger partial charge in [0.05, 0.1) is 0 Å². The molecule has 3 nitrogen and oxygen atoms in total. The lowest BCUT2D eigenvalue weighted by molar-refractivity contribution is 0.900. The molecule has 0 unspecified atom stereocenters. The van der Waals surface area contributed by atoms with Gasteiger partial charge in [-0.1, -0.05) is 29.3 Å². The zero-order valence-corrected chi connectivity index (χ0v) is 13.9. The van der Waals surface area contributed by atoms with Crippen LogP contribution >= 0.6 is 60.4 Å². The SMILES string of the molecule is Cl.Cl.Cl.Cn1ccnc1NCc1ccc(Cl)cc1Cl. The highest BCUT2D eigenvalue weighted by atomic mass is 35.5. The third-order valence-corrected chi connectivity index (χ3v) is 2.86. The van der Waals surface area contributed by atoms with Crippen molar-refractivity contribution in [1.82, 2.24) is 9.55 Å². The van der Waals surface area contributed by atoms with Crippen LogP contribution in [0.15, 0.2) is 30.6 Å². The number of hydrogen-bond acceptors (Lipinski definition) is 2. The zero-order chi connectivity index (χ0) is 11.5. The summed E-state index contributed by atoms with van der Waals surface area (Å²) in [7, 11) is 1.93. The molecule has 108 valence electrons. The summed E-state index contributed by atoms with van der Waals surface area (Å²) in [6.07, 6.45) is 3.62. The molecule has 19 heavy (non-hydrogen) atoms. The molecular weight excluding hydrogens is 351 g/mol. The average molecular weight is 366 g/mol. The summed E-state index contributed by atoms with van der Waals surface area (Å²) in [5.74, 6) is 0.811. The van der Waals surface area contributed by atoms with Crippen molar-refractivity contribution in [2.24, 2.45) is 7.05 Å². The second-order valence-corrected chi connectivity index (χ2v) is 4.29. The second-order valence-electron chi connectivity index (χ2n) is 3.45. The number of rotatable bonds is 3. The van der Waals surface area contributed by atoms with Gasteiger partial charge in [-0.05, 0) is 17.7 Å². The predicted octanol–water partition coefficient (Wildman–Crippen LogP) is 4.60. The number of aromatic nitrogens is 2. The van der Waals surface area contributed by atoms with E-state index in [9.17, 15) is 0 Å². The van der Waals surface area contributed by atoms with Crippen LogP contribution in [0.2, 0.25) is 10.0 Å². The van der Waals surface area contributed by atoms with Crippen molar-refractivity contribution in [2.75, 3.05) is 5.32 Å². The average Bonchev–Trinajstić information content (AvgIpc) is 2.63. The minimum absolute atomic E-state index is 0. The second kappa shape index (κ2) is 9.56. The molecule has 2 rings (SSSR count). The Kier molecular flexibility index (Phi) is 10.6. The molecule has 0 radical (unpaired) electrons. The summed E-state index contributed by atoms with van der Waals surface area (Å²) >= 11 is 11.9. The van der Waals surface area contributed by atoms with E-state index < -0.39 is 0 Å². The van der Waals surface area contributed by atoms with Crippen LogP contribution in [-0.2, 0) is 13.6 Å². The number of aryl methyl sites for hydroxylation is 1.